The lowest BCUT2D eigenvalue weighted by Crippen LogP contribution is -2.36. The Bertz CT molecular complexity index is 200. The van der Waals surface area contributed by atoms with E-state index in [2.05, 4.69) is 0 Å². The predicted molar refractivity (Wildman–Crippen MR) is 53.8 cm³/mol. The van der Waals surface area contributed by atoms with Gasteiger partial charge in [0.1, 0.15) is 12.2 Å². The van der Waals surface area contributed by atoms with Gasteiger partial charge < -0.3 is 4.74 Å². The van der Waals surface area contributed by atoms with E-state index in [-0.39, 0.29) is 18.4 Å². The SMILES string of the molecule is CCN(CC)C(C)OC(=O)CC(C)=O. The van der Waals surface area contributed by atoms with Gasteiger partial charge in [-0.2, -0.15) is 0 Å². The van der Waals surface area contributed by atoms with Crippen LogP contribution in [0.4, 0.5) is 0 Å². The molecule has 82 valence electrons. The van der Waals surface area contributed by atoms with Gasteiger partial charge in [0.2, 0.25) is 0 Å². The first kappa shape index (κ1) is 13.1. The standard InChI is InChI=1S/C10H19NO3/c1-5-11(6-2)9(4)14-10(13)7-8(3)12/h9H,5-7H2,1-4H3. The molecule has 4 heteroatoms. The molecule has 0 N–H and O–H groups in total. The van der Waals surface area contributed by atoms with E-state index in [1.165, 1.54) is 6.92 Å². The second-order valence-corrected chi connectivity index (χ2v) is 3.19. The highest BCUT2D eigenvalue weighted by atomic mass is 16.6. The number of esters is 1. The predicted octanol–water partition coefficient (Wildman–Crippen LogP) is 1.20. The maximum absolute atomic E-state index is 11.1. The molecule has 0 spiro atoms. The number of nitrogens with zero attached hydrogens (tertiary/aromatic N) is 1. The van der Waals surface area contributed by atoms with Gasteiger partial charge in [-0.05, 0) is 26.9 Å². The maximum Gasteiger partial charge on any atom is 0.314 e. The first-order chi connectivity index (χ1) is 6.51. The van der Waals surface area contributed by atoms with Gasteiger partial charge in [-0.25, -0.2) is 0 Å². The molecule has 0 heterocycles. The Balaban J connectivity index is 3.97. The summed E-state index contributed by atoms with van der Waals surface area (Å²) >= 11 is 0. The van der Waals surface area contributed by atoms with Crippen LogP contribution in [0.5, 0.6) is 0 Å². The van der Waals surface area contributed by atoms with Crippen molar-refractivity contribution in [3.63, 3.8) is 0 Å². The normalized spacial score (nSPS) is 12.6. The fourth-order valence-electron chi connectivity index (χ4n) is 1.25. The summed E-state index contributed by atoms with van der Waals surface area (Å²) in [4.78, 5) is 23.8. The monoisotopic (exact) mass is 201 g/mol. The second kappa shape index (κ2) is 6.54. The van der Waals surface area contributed by atoms with E-state index < -0.39 is 5.97 Å². The summed E-state index contributed by atoms with van der Waals surface area (Å²) in [5.41, 5.74) is 0. The Labute approximate surface area is 85.2 Å². The molecule has 14 heavy (non-hydrogen) atoms. The quantitative estimate of drug-likeness (QED) is 0.368. The minimum absolute atomic E-state index is 0.133. The molecule has 0 amide bonds. The van der Waals surface area contributed by atoms with Crippen molar-refractivity contribution in [3.8, 4) is 0 Å². The van der Waals surface area contributed by atoms with E-state index >= 15 is 0 Å². The Kier molecular flexibility index (Phi) is 6.12. The van der Waals surface area contributed by atoms with Crippen molar-refractivity contribution >= 4 is 11.8 Å². The molecule has 0 aromatic heterocycles. The van der Waals surface area contributed by atoms with Gasteiger partial charge in [0, 0.05) is 0 Å². The molecule has 0 aliphatic carbocycles. The van der Waals surface area contributed by atoms with Gasteiger partial charge in [0.05, 0.1) is 0 Å². The van der Waals surface area contributed by atoms with E-state index in [1.807, 2.05) is 25.7 Å². The molecule has 0 aliphatic heterocycles. The van der Waals surface area contributed by atoms with E-state index in [1.54, 1.807) is 0 Å². The third-order valence-electron chi connectivity index (χ3n) is 2.02. The lowest BCUT2D eigenvalue weighted by atomic mass is 10.3. The molecular formula is C10H19NO3. The van der Waals surface area contributed by atoms with Crippen LogP contribution in [0.25, 0.3) is 0 Å². The summed E-state index contributed by atoms with van der Waals surface area (Å²) in [6.07, 6.45) is -0.386. The zero-order chi connectivity index (χ0) is 11.1. The zero-order valence-electron chi connectivity index (χ0n) is 9.37. The Morgan fingerprint density at radius 3 is 2.14 bits per heavy atom. The topological polar surface area (TPSA) is 46.6 Å². The number of rotatable bonds is 6. The highest BCUT2D eigenvalue weighted by Crippen LogP contribution is 2.02. The minimum atomic E-state index is -0.447. The fourth-order valence-corrected chi connectivity index (χ4v) is 1.25. The van der Waals surface area contributed by atoms with Crippen LogP contribution in [0, 0.1) is 0 Å². The summed E-state index contributed by atoms with van der Waals surface area (Å²) in [7, 11) is 0. The lowest BCUT2D eigenvalue weighted by molar-refractivity contribution is -0.158. The van der Waals surface area contributed by atoms with Crippen molar-refractivity contribution in [3.05, 3.63) is 0 Å². The van der Waals surface area contributed by atoms with Gasteiger partial charge >= 0.3 is 5.97 Å². The molecule has 0 aromatic rings. The molecule has 0 radical (unpaired) electrons. The first-order valence-corrected chi connectivity index (χ1v) is 4.94. The van der Waals surface area contributed by atoms with E-state index in [4.69, 9.17) is 4.74 Å². The molecular weight excluding hydrogens is 182 g/mol. The van der Waals surface area contributed by atoms with Crippen molar-refractivity contribution < 1.29 is 14.3 Å². The fraction of sp³-hybridized carbons (Fsp3) is 0.800. The van der Waals surface area contributed by atoms with Crippen LogP contribution in [0.3, 0.4) is 0 Å². The van der Waals surface area contributed by atoms with E-state index in [9.17, 15) is 9.59 Å². The smallest absolute Gasteiger partial charge is 0.314 e. The van der Waals surface area contributed by atoms with Crippen molar-refractivity contribution in [1.29, 1.82) is 0 Å². The summed E-state index contributed by atoms with van der Waals surface area (Å²) in [5.74, 6) is -0.612. The second-order valence-electron chi connectivity index (χ2n) is 3.19. The van der Waals surface area contributed by atoms with Crippen LogP contribution < -0.4 is 0 Å². The highest BCUT2D eigenvalue weighted by Gasteiger charge is 2.15. The molecule has 1 unspecified atom stereocenters. The molecule has 0 saturated heterocycles. The van der Waals surface area contributed by atoms with Crippen LogP contribution in [0.2, 0.25) is 0 Å². The molecule has 0 saturated carbocycles. The number of carbonyl (C=O) groups excluding carboxylic acids is 2. The molecule has 0 rings (SSSR count). The largest absolute Gasteiger partial charge is 0.446 e. The van der Waals surface area contributed by atoms with Crippen molar-refractivity contribution in [2.45, 2.75) is 40.3 Å². The Hall–Kier alpha value is -0.900. The first-order valence-electron chi connectivity index (χ1n) is 4.94. The van der Waals surface area contributed by atoms with Gasteiger partial charge in [-0.3, -0.25) is 14.5 Å². The number of hydrogen-bond acceptors (Lipinski definition) is 4. The minimum Gasteiger partial charge on any atom is -0.446 e. The molecule has 0 fully saturated rings. The van der Waals surface area contributed by atoms with Crippen LogP contribution >= 0.6 is 0 Å². The third kappa shape index (κ3) is 4.97. The molecule has 0 bridgehead atoms. The van der Waals surface area contributed by atoms with Crippen LogP contribution in [-0.2, 0) is 14.3 Å². The summed E-state index contributed by atoms with van der Waals surface area (Å²) in [6, 6.07) is 0. The number of carbonyl (C=O) groups is 2. The summed E-state index contributed by atoms with van der Waals surface area (Å²) in [6.45, 7) is 8.84. The van der Waals surface area contributed by atoms with E-state index in [0.29, 0.717) is 0 Å². The van der Waals surface area contributed by atoms with Crippen molar-refractivity contribution in [1.82, 2.24) is 4.90 Å². The maximum atomic E-state index is 11.1. The van der Waals surface area contributed by atoms with Crippen LogP contribution in [-0.4, -0.2) is 36.0 Å². The van der Waals surface area contributed by atoms with Gasteiger partial charge in [0.15, 0.2) is 6.23 Å². The highest BCUT2D eigenvalue weighted by molar-refractivity contribution is 5.94. The Morgan fingerprint density at radius 2 is 1.79 bits per heavy atom. The van der Waals surface area contributed by atoms with Crippen LogP contribution in [0.1, 0.15) is 34.1 Å². The van der Waals surface area contributed by atoms with Gasteiger partial charge in [-0.15, -0.1) is 0 Å². The van der Waals surface area contributed by atoms with Gasteiger partial charge in [0.25, 0.3) is 0 Å². The summed E-state index contributed by atoms with van der Waals surface area (Å²) < 4.78 is 5.07. The molecule has 1 atom stereocenters. The lowest BCUT2D eigenvalue weighted by Gasteiger charge is -2.25. The van der Waals surface area contributed by atoms with Crippen LogP contribution in [0.15, 0.2) is 0 Å². The Morgan fingerprint density at radius 1 is 1.29 bits per heavy atom. The zero-order valence-corrected chi connectivity index (χ0v) is 9.37. The number of ketones is 1. The third-order valence-corrected chi connectivity index (χ3v) is 2.02. The molecule has 4 nitrogen and oxygen atoms in total. The molecule has 0 aromatic carbocycles. The average molecular weight is 201 g/mol. The molecule has 0 aliphatic rings. The van der Waals surface area contributed by atoms with E-state index in [0.717, 1.165) is 13.1 Å². The number of ether oxygens (including phenoxy) is 1. The van der Waals surface area contributed by atoms with Gasteiger partial charge in [-0.1, -0.05) is 13.8 Å². The number of Topliss-reactive ketones (excluding diaryl/α,β-unsaturated/α-hetero) is 1. The van der Waals surface area contributed by atoms with Crippen molar-refractivity contribution in [2.24, 2.45) is 0 Å². The number of hydrogen-bond donors (Lipinski definition) is 0. The van der Waals surface area contributed by atoms with Crippen molar-refractivity contribution in [2.75, 3.05) is 13.1 Å². The average Bonchev–Trinajstić information content (AvgIpc) is 2.04. The summed E-state index contributed by atoms with van der Waals surface area (Å²) in [5, 5.41) is 0.